The Morgan fingerprint density at radius 1 is 1.33 bits per heavy atom. The van der Waals surface area contributed by atoms with Gasteiger partial charge < -0.3 is 24.4 Å². The quantitative estimate of drug-likeness (QED) is 0.899. The highest BCUT2D eigenvalue weighted by atomic mass is 16.5. The van der Waals surface area contributed by atoms with Crippen LogP contribution in [0, 0.1) is 5.92 Å². The third-order valence-corrected chi connectivity index (χ3v) is 4.88. The molecule has 2 fully saturated rings. The summed E-state index contributed by atoms with van der Waals surface area (Å²) < 4.78 is 16.2. The predicted molar refractivity (Wildman–Crippen MR) is 90.6 cm³/mol. The number of amides is 2. The number of hydrogen-bond acceptors (Lipinski definition) is 4. The number of benzene rings is 1. The highest BCUT2D eigenvalue weighted by Gasteiger charge is 2.32. The first-order chi connectivity index (χ1) is 11.7. The number of carbonyl (C=O) groups excluding carboxylic acids is 1. The van der Waals surface area contributed by atoms with Gasteiger partial charge in [0.25, 0.3) is 0 Å². The zero-order valence-electron chi connectivity index (χ0n) is 14.4. The molecule has 24 heavy (non-hydrogen) atoms. The van der Waals surface area contributed by atoms with Crippen molar-refractivity contribution in [1.29, 1.82) is 0 Å². The maximum Gasteiger partial charge on any atom is 0.317 e. The molecule has 2 heterocycles. The molecule has 0 aliphatic carbocycles. The number of nitrogens with one attached hydrogen (secondary N) is 1. The summed E-state index contributed by atoms with van der Waals surface area (Å²) >= 11 is 0. The van der Waals surface area contributed by atoms with Gasteiger partial charge in [0.15, 0.2) is 0 Å². The van der Waals surface area contributed by atoms with Gasteiger partial charge in [-0.3, -0.25) is 0 Å². The van der Waals surface area contributed by atoms with Gasteiger partial charge in [0.05, 0.1) is 26.9 Å². The lowest BCUT2D eigenvalue weighted by Gasteiger charge is -2.27. The van der Waals surface area contributed by atoms with Gasteiger partial charge >= 0.3 is 6.03 Å². The van der Waals surface area contributed by atoms with Crippen molar-refractivity contribution in [3.05, 3.63) is 23.8 Å². The first-order valence-corrected chi connectivity index (χ1v) is 8.57. The summed E-state index contributed by atoms with van der Waals surface area (Å²) in [5.74, 6) is 2.01. The predicted octanol–water partition coefficient (Wildman–Crippen LogP) is 2.59. The van der Waals surface area contributed by atoms with E-state index in [4.69, 9.17) is 14.2 Å². The Morgan fingerprint density at radius 2 is 2.21 bits per heavy atom. The van der Waals surface area contributed by atoms with Crippen LogP contribution in [0.15, 0.2) is 18.2 Å². The van der Waals surface area contributed by atoms with Crippen molar-refractivity contribution < 1.29 is 19.0 Å². The third kappa shape index (κ3) is 3.59. The van der Waals surface area contributed by atoms with E-state index in [2.05, 4.69) is 5.32 Å². The van der Waals surface area contributed by atoms with Crippen LogP contribution in [0.1, 0.15) is 30.9 Å². The van der Waals surface area contributed by atoms with Gasteiger partial charge in [-0.25, -0.2) is 4.79 Å². The molecule has 1 aromatic carbocycles. The first-order valence-electron chi connectivity index (χ1n) is 8.57. The number of rotatable bonds is 5. The molecule has 1 N–H and O–H groups in total. The molecular weight excluding hydrogens is 308 g/mol. The van der Waals surface area contributed by atoms with E-state index >= 15 is 0 Å². The summed E-state index contributed by atoms with van der Waals surface area (Å²) in [6.45, 7) is 2.98. The lowest BCUT2D eigenvalue weighted by atomic mass is 10.0. The van der Waals surface area contributed by atoms with Crippen LogP contribution >= 0.6 is 0 Å². The second-order valence-corrected chi connectivity index (χ2v) is 6.37. The van der Waals surface area contributed by atoms with Crippen LogP contribution < -0.4 is 14.8 Å². The molecule has 6 nitrogen and oxygen atoms in total. The zero-order valence-corrected chi connectivity index (χ0v) is 14.4. The van der Waals surface area contributed by atoms with E-state index in [-0.39, 0.29) is 12.1 Å². The van der Waals surface area contributed by atoms with Crippen LogP contribution in [0.2, 0.25) is 0 Å². The van der Waals surface area contributed by atoms with E-state index < -0.39 is 0 Å². The molecule has 132 valence electrons. The average molecular weight is 334 g/mol. The minimum absolute atomic E-state index is 0.00530. The number of likely N-dealkylation sites (tertiary alicyclic amines) is 1. The van der Waals surface area contributed by atoms with Crippen LogP contribution in [-0.4, -0.2) is 51.5 Å². The summed E-state index contributed by atoms with van der Waals surface area (Å²) in [7, 11) is 3.30. The Balaban J connectivity index is 1.71. The normalized spacial score (nSPS) is 23.3. The minimum Gasteiger partial charge on any atom is -0.497 e. The molecule has 0 aromatic heterocycles. The number of urea groups is 1. The van der Waals surface area contributed by atoms with E-state index in [9.17, 15) is 4.79 Å². The van der Waals surface area contributed by atoms with Crippen molar-refractivity contribution in [2.45, 2.75) is 25.3 Å². The van der Waals surface area contributed by atoms with Gasteiger partial charge in [-0.2, -0.15) is 0 Å². The smallest absolute Gasteiger partial charge is 0.317 e. The third-order valence-electron chi connectivity index (χ3n) is 4.88. The molecule has 0 bridgehead atoms. The summed E-state index contributed by atoms with van der Waals surface area (Å²) in [4.78, 5) is 14.6. The van der Waals surface area contributed by atoms with Crippen molar-refractivity contribution in [3.8, 4) is 11.5 Å². The largest absolute Gasteiger partial charge is 0.497 e. The summed E-state index contributed by atoms with van der Waals surface area (Å²) in [6, 6.07) is 5.77. The van der Waals surface area contributed by atoms with Crippen LogP contribution in [0.4, 0.5) is 4.79 Å². The lowest BCUT2D eigenvalue weighted by Crippen LogP contribution is -2.41. The van der Waals surface area contributed by atoms with Crippen molar-refractivity contribution in [1.82, 2.24) is 10.2 Å². The number of ether oxygens (including phenoxy) is 3. The molecule has 0 radical (unpaired) electrons. The second-order valence-electron chi connectivity index (χ2n) is 6.37. The summed E-state index contributed by atoms with van der Waals surface area (Å²) in [5.41, 5.74) is 1.01. The molecule has 2 saturated heterocycles. The summed E-state index contributed by atoms with van der Waals surface area (Å²) in [5, 5.41) is 3.07. The van der Waals surface area contributed by atoms with Gasteiger partial charge in [-0.05, 0) is 37.5 Å². The Labute approximate surface area is 143 Å². The number of methoxy groups -OCH3 is 2. The van der Waals surface area contributed by atoms with Gasteiger partial charge in [-0.15, -0.1) is 0 Å². The molecule has 1 aromatic rings. The maximum absolute atomic E-state index is 12.6. The fourth-order valence-electron chi connectivity index (χ4n) is 3.51. The first kappa shape index (κ1) is 16.9. The Hall–Kier alpha value is -1.95. The van der Waals surface area contributed by atoms with Gasteiger partial charge in [0.1, 0.15) is 11.5 Å². The van der Waals surface area contributed by atoms with E-state index in [1.807, 2.05) is 23.1 Å². The van der Waals surface area contributed by atoms with Crippen LogP contribution in [0.3, 0.4) is 0 Å². The Kier molecular flexibility index (Phi) is 5.45. The van der Waals surface area contributed by atoms with E-state index in [0.717, 1.165) is 56.1 Å². The van der Waals surface area contributed by atoms with Crippen LogP contribution in [-0.2, 0) is 4.74 Å². The number of nitrogens with zero attached hydrogens (tertiary/aromatic N) is 1. The molecule has 0 saturated carbocycles. The molecule has 0 spiro atoms. The zero-order chi connectivity index (χ0) is 16.9. The van der Waals surface area contributed by atoms with E-state index in [1.165, 1.54) is 0 Å². The topological polar surface area (TPSA) is 60.0 Å². The summed E-state index contributed by atoms with van der Waals surface area (Å²) in [6.07, 6.45) is 2.95. The van der Waals surface area contributed by atoms with Crippen molar-refractivity contribution in [2.75, 3.05) is 40.5 Å². The fourth-order valence-corrected chi connectivity index (χ4v) is 3.51. The molecule has 3 rings (SSSR count). The van der Waals surface area contributed by atoms with Crippen LogP contribution in [0.5, 0.6) is 11.5 Å². The molecule has 2 aliphatic heterocycles. The fraction of sp³-hybridized carbons (Fsp3) is 0.611. The van der Waals surface area contributed by atoms with E-state index in [0.29, 0.717) is 12.5 Å². The van der Waals surface area contributed by atoms with Gasteiger partial charge in [-0.1, -0.05) is 0 Å². The Morgan fingerprint density at radius 3 is 2.92 bits per heavy atom. The van der Waals surface area contributed by atoms with Crippen molar-refractivity contribution >= 4 is 6.03 Å². The number of hydrogen-bond donors (Lipinski definition) is 1. The van der Waals surface area contributed by atoms with E-state index in [1.54, 1.807) is 14.2 Å². The SMILES string of the molecule is COc1ccc(OC)c(C2CCCN2C(=O)NCC2CCOC2)c1. The Bertz CT molecular complexity index is 572. The molecule has 2 amide bonds. The van der Waals surface area contributed by atoms with Crippen molar-refractivity contribution in [3.63, 3.8) is 0 Å². The van der Waals surface area contributed by atoms with Crippen LogP contribution in [0.25, 0.3) is 0 Å². The van der Waals surface area contributed by atoms with Gasteiger partial charge in [0.2, 0.25) is 0 Å². The number of carbonyl (C=O) groups is 1. The highest BCUT2D eigenvalue weighted by Crippen LogP contribution is 2.38. The molecule has 6 heteroatoms. The molecule has 2 unspecified atom stereocenters. The average Bonchev–Trinajstić information content (AvgIpc) is 3.30. The van der Waals surface area contributed by atoms with Crippen molar-refractivity contribution in [2.24, 2.45) is 5.92 Å². The highest BCUT2D eigenvalue weighted by molar-refractivity contribution is 5.75. The second kappa shape index (κ2) is 7.75. The standard InChI is InChI=1S/C18H26N2O4/c1-22-14-5-6-17(23-2)15(10-14)16-4-3-8-20(16)18(21)19-11-13-7-9-24-12-13/h5-6,10,13,16H,3-4,7-9,11-12H2,1-2H3,(H,19,21). The molecular formula is C18H26N2O4. The van der Waals surface area contributed by atoms with Gasteiger partial charge in [0, 0.05) is 31.2 Å². The monoisotopic (exact) mass is 334 g/mol. The maximum atomic E-state index is 12.6. The molecule has 2 atom stereocenters. The minimum atomic E-state index is -0.00530. The molecule has 2 aliphatic rings. The lowest BCUT2D eigenvalue weighted by molar-refractivity contribution is 0.178.